The van der Waals surface area contributed by atoms with Crippen molar-refractivity contribution in [3.63, 3.8) is 0 Å². The van der Waals surface area contributed by atoms with Crippen molar-refractivity contribution in [3.05, 3.63) is 79.0 Å². The Bertz CT molecular complexity index is 1620. The lowest BCUT2D eigenvalue weighted by molar-refractivity contribution is 0.411. The number of H-pyrrole nitrogens is 2. The molecule has 0 unspecified atom stereocenters. The molecule has 6 rings (SSSR count). The second-order valence-electron chi connectivity index (χ2n) is 7.59. The number of fused-ring (bicyclic) bond motifs is 2. The molecule has 0 radical (unpaired) electrons. The van der Waals surface area contributed by atoms with Gasteiger partial charge in [0.25, 0.3) is 0 Å². The minimum atomic E-state index is -0.382. The summed E-state index contributed by atoms with van der Waals surface area (Å²) >= 11 is 0. The van der Waals surface area contributed by atoms with Crippen LogP contribution < -0.4 is 4.74 Å². The molecular weight excluding hydrogens is 419 g/mol. The Labute approximate surface area is 187 Å². The second kappa shape index (κ2) is 7.52. The van der Waals surface area contributed by atoms with Crippen LogP contribution in [0.3, 0.4) is 0 Å². The number of methoxy groups -OCH3 is 1. The number of nitrogens with one attached hydrogen (secondary N) is 2. The van der Waals surface area contributed by atoms with E-state index in [2.05, 4.69) is 31.2 Å². The third-order valence-corrected chi connectivity index (χ3v) is 5.60. The minimum Gasteiger partial charge on any atom is -0.497 e. The van der Waals surface area contributed by atoms with Crippen LogP contribution in [0.1, 0.15) is 0 Å². The molecule has 2 aromatic carbocycles. The van der Waals surface area contributed by atoms with Crippen LogP contribution in [-0.4, -0.2) is 37.2 Å². The van der Waals surface area contributed by atoms with Crippen molar-refractivity contribution in [2.45, 2.75) is 0 Å². The van der Waals surface area contributed by atoms with Gasteiger partial charge in [0.15, 0.2) is 11.5 Å². The third kappa shape index (κ3) is 3.28. The summed E-state index contributed by atoms with van der Waals surface area (Å²) in [6.45, 7) is 0. The predicted octanol–water partition coefficient (Wildman–Crippen LogP) is 5.38. The van der Waals surface area contributed by atoms with E-state index in [1.165, 1.54) is 19.2 Å². The van der Waals surface area contributed by atoms with Crippen molar-refractivity contribution in [1.82, 2.24) is 30.1 Å². The number of aromatic nitrogens is 6. The average Bonchev–Trinajstić information content (AvgIpc) is 3.47. The van der Waals surface area contributed by atoms with Crippen LogP contribution in [0.5, 0.6) is 5.75 Å². The van der Waals surface area contributed by atoms with Crippen molar-refractivity contribution in [1.29, 1.82) is 0 Å². The van der Waals surface area contributed by atoms with Crippen LogP contribution in [0.2, 0.25) is 0 Å². The monoisotopic (exact) mass is 436 g/mol. The van der Waals surface area contributed by atoms with Crippen molar-refractivity contribution in [3.8, 4) is 39.5 Å². The zero-order chi connectivity index (χ0) is 22.4. The van der Waals surface area contributed by atoms with E-state index >= 15 is 0 Å². The van der Waals surface area contributed by atoms with Gasteiger partial charge in [-0.15, -0.1) is 0 Å². The molecule has 0 aliphatic carbocycles. The molecule has 7 nitrogen and oxygen atoms in total. The van der Waals surface area contributed by atoms with Gasteiger partial charge in [-0.3, -0.25) is 10.1 Å². The largest absolute Gasteiger partial charge is 0.497 e. The smallest absolute Gasteiger partial charge is 0.160 e. The molecular formula is C25H17FN6O. The van der Waals surface area contributed by atoms with E-state index in [1.54, 1.807) is 24.7 Å². The maximum absolute atomic E-state index is 14.1. The zero-order valence-corrected chi connectivity index (χ0v) is 17.5. The van der Waals surface area contributed by atoms with Crippen LogP contribution in [0.15, 0.2) is 73.2 Å². The van der Waals surface area contributed by atoms with Gasteiger partial charge in [0.05, 0.1) is 12.6 Å². The molecule has 2 N–H and O–H groups in total. The molecule has 0 atom stereocenters. The van der Waals surface area contributed by atoms with Crippen molar-refractivity contribution in [2.24, 2.45) is 0 Å². The Hall–Kier alpha value is -4.59. The SMILES string of the molecule is COc1cc(F)cc(-c2ccnc3[nH]c(-c4n[nH]c5ccc(-c6ccncc6)cc45)nc23)c1. The van der Waals surface area contributed by atoms with E-state index < -0.39 is 0 Å². The third-order valence-electron chi connectivity index (χ3n) is 5.60. The highest BCUT2D eigenvalue weighted by atomic mass is 19.1. The second-order valence-corrected chi connectivity index (χ2v) is 7.59. The van der Waals surface area contributed by atoms with Crippen molar-refractivity contribution in [2.75, 3.05) is 7.11 Å². The molecule has 4 aromatic heterocycles. The number of hydrogen-bond acceptors (Lipinski definition) is 5. The number of ether oxygens (including phenoxy) is 1. The first-order valence-corrected chi connectivity index (χ1v) is 10.3. The lowest BCUT2D eigenvalue weighted by Crippen LogP contribution is -1.88. The predicted molar refractivity (Wildman–Crippen MR) is 124 cm³/mol. The van der Waals surface area contributed by atoms with Gasteiger partial charge in [-0.25, -0.2) is 14.4 Å². The fourth-order valence-corrected chi connectivity index (χ4v) is 4.01. The zero-order valence-electron chi connectivity index (χ0n) is 17.5. The highest BCUT2D eigenvalue weighted by Gasteiger charge is 2.17. The van der Waals surface area contributed by atoms with E-state index in [4.69, 9.17) is 9.72 Å². The van der Waals surface area contributed by atoms with Gasteiger partial charge in [-0.2, -0.15) is 5.10 Å². The normalized spacial score (nSPS) is 11.3. The molecule has 0 aliphatic rings. The average molecular weight is 436 g/mol. The Morgan fingerprint density at radius 1 is 0.879 bits per heavy atom. The maximum atomic E-state index is 14.1. The summed E-state index contributed by atoms with van der Waals surface area (Å²) in [4.78, 5) is 16.6. The minimum absolute atomic E-state index is 0.382. The molecule has 4 heterocycles. The number of aromatic amines is 2. The van der Waals surface area contributed by atoms with Crippen molar-refractivity contribution < 1.29 is 9.13 Å². The van der Waals surface area contributed by atoms with E-state index in [1.807, 2.05) is 30.3 Å². The van der Waals surface area contributed by atoms with Gasteiger partial charge in [-0.05, 0) is 59.2 Å². The number of benzene rings is 2. The summed E-state index contributed by atoms with van der Waals surface area (Å²) in [5.41, 5.74) is 6.31. The summed E-state index contributed by atoms with van der Waals surface area (Å²) in [6.07, 6.45) is 5.20. The number of pyridine rings is 2. The first-order chi connectivity index (χ1) is 16.2. The Morgan fingerprint density at radius 2 is 1.76 bits per heavy atom. The summed E-state index contributed by atoms with van der Waals surface area (Å²) in [5, 5.41) is 8.50. The van der Waals surface area contributed by atoms with E-state index in [-0.39, 0.29) is 5.82 Å². The molecule has 160 valence electrons. The van der Waals surface area contributed by atoms with Gasteiger partial charge in [0, 0.05) is 35.6 Å². The quantitative estimate of drug-likeness (QED) is 0.387. The summed E-state index contributed by atoms with van der Waals surface area (Å²) in [7, 11) is 1.51. The molecule has 33 heavy (non-hydrogen) atoms. The van der Waals surface area contributed by atoms with E-state index in [0.29, 0.717) is 34.0 Å². The maximum Gasteiger partial charge on any atom is 0.160 e. The molecule has 6 aromatic rings. The van der Waals surface area contributed by atoms with Crippen LogP contribution >= 0.6 is 0 Å². The summed E-state index contributed by atoms with van der Waals surface area (Å²) < 4.78 is 19.4. The van der Waals surface area contributed by atoms with Crippen LogP contribution in [0.25, 0.3) is 55.8 Å². The fourth-order valence-electron chi connectivity index (χ4n) is 4.01. The number of nitrogens with zero attached hydrogens (tertiary/aromatic N) is 4. The molecule has 0 spiro atoms. The lowest BCUT2D eigenvalue weighted by atomic mass is 10.0. The topological polar surface area (TPSA) is 92.4 Å². The first kappa shape index (κ1) is 19.1. The first-order valence-electron chi connectivity index (χ1n) is 10.3. The van der Waals surface area contributed by atoms with Crippen LogP contribution in [-0.2, 0) is 0 Å². The van der Waals surface area contributed by atoms with Gasteiger partial charge in [0.2, 0.25) is 0 Å². The molecule has 0 amide bonds. The molecule has 0 saturated carbocycles. The lowest BCUT2D eigenvalue weighted by Gasteiger charge is -2.06. The van der Waals surface area contributed by atoms with E-state index in [0.717, 1.165) is 27.6 Å². The number of rotatable bonds is 4. The molecule has 0 bridgehead atoms. The Kier molecular flexibility index (Phi) is 4.36. The number of hydrogen-bond donors (Lipinski definition) is 2. The summed E-state index contributed by atoms with van der Waals surface area (Å²) in [6, 6.07) is 16.4. The number of halogens is 1. The standard InChI is InChI=1S/C25H17FN6O/c1-33-18-11-16(10-17(26)13-18)19-6-9-28-24-22(19)29-25(30-24)23-20-12-15(2-3-21(20)31-32-23)14-4-7-27-8-5-14/h2-13H,1H3,(H,31,32)(H,28,29,30). The summed E-state index contributed by atoms with van der Waals surface area (Å²) in [5.74, 6) is 0.631. The van der Waals surface area contributed by atoms with Gasteiger partial charge >= 0.3 is 0 Å². The highest BCUT2D eigenvalue weighted by molar-refractivity contribution is 5.97. The highest BCUT2D eigenvalue weighted by Crippen LogP contribution is 2.33. The van der Waals surface area contributed by atoms with Gasteiger partial charge in [0.1, 0.15) is 22.8 Å². The van der Waals surface area contributed by atoms with Gasteiger partial charge in [-0.1, -0.05) is 6.07 Å². The Balaban J connectivity index is 1.50. The van der Waals surface area contributed by atoms with Crippen LogP contribution in [0, 0.1) is 5.82 Å². The van der Waals surface area contributed by atoms with Crippen LogP contribution in [0.4, 0.5) is 4.39 Å². The molecule has 8 heteroatoms. The van der Waals surface area contributed by atoms with E-state index in [9.17, 15) is 4.39 Å². The van der Waals surface area contributed by atoms with Gasteiger partial charge < -0.3 is 9.72 Å². The van der Waals surface area contributed by atoms with Crippen molar-refractivity contribution >= 4 is 22.1 Å². The fraction of sp³-hybridized carbons (Fsp3) is 0.0400. The number of imidazole rings is 1. The molecule has 0 saturated heterocycles. The Morgan fingerprint density at radius 3 is 2.61 bits per heavy atom. The molecule has 0 fully saturated rings. The molecule has 0 aliphatic heterocycles.